The van der Waals surface area contributed by atoms with Crippen molar-refractivity contribution in [3.63, 3.8) is 0 Å². The minimum Gasteiger partial charge on any atom is -0.441 e. The molecule has 0 aliphatic heterocycles. The first-order valence-corrected chi connectivity index (χ1v) is 6.83. The average Bonchev–Trinajstić information content (AvgIpc) is 2.96. The smallest absolute Gasteiger partial charge is 0.266 e. The zero-order valence-electron chi connectivity index (χ0n) is 12.1. The molecule has 0 radical (unpaired) electrons. The molecule has 22 heavy (non-hydrogen) atoms. The van der Waals surface area contributed by atoms with Crippen molar-refractivity contribution in [1.82, 2.24) is 0 Å². The summed E-state index contributed by atoms with van der Waals surface area (Å²) in [6, 6.07) is 12.0. The number of halogens is 1. The summed E-state index contributed by atoms with van der Waals surface area (Å²) >= 11 is 5.78. The van der Waals surface area contributed by atoms with Gasteiger partial charge in [0.05, 0.1) is 0 Å². The maximum Gasteiger partial charge on any atom is 0.266 e. The fraction of sp³-hybridized carbons (Fsp3) is 0.125. The van der Waals surface area contributed by atoms with Gasteiger partial charge in [0.15, 0.2) is 5.88 Å². The monoisotopic (exact) mass is 315 g/mol. The zero-order chi connectivity index (χ0) is 16.1. The molecule has 6 heteroatoms. The number of nitrogens with one attached hydrogen (secondary N) is 1. The molecule has 1 amide bonds. The molecule has 0 fully saturated rings. The lowest BCUT2D eigenvalue weighted by Crippen LogP contribution is -2.13. The van der Waals surface area contributed by atoms with Crippen LogP contribution in [0, 0.1) is 11.3 Å². The van der Waals surface area contributed by atoms with Crippen LogP contribution in [0.1, 0.15) is 5.76 Å². The molecular formula is C16H14ClN3O2. The van der Waals surface area contributed by atoms with Gasteiger partial charge in [0.1, 0.15) is 17.4 Å². The second-order valence-electron chi connectivity index (χ2n) is 4.70. The highest BCUT2D eigenvalue weighted by Crippen LogP contribution is 2.19. The Morgan fingerprint density at radius 3 is 2.50 bits per heavy atom. The predicted octanol–water partition coefficient (Wildman–Crippen LogP) is 3.54. The molecule has 5 nitrogen and oxygen atoms in total. The van der Waals surface area contributed by atoms with Crippen LogP contribution in [0.15, 0.2) is 46.4 Å². The van der Waals surface area contributed by atoms with E-state index in [1.807, 2.05) is 20.2 Å². The summed E-state index contributed by atoms with van der Waals surface area (Å²) in [5.74, 6) is 0.570. The second-order valence-corrected chi connectivity index (χ2v) is 5.14. The van der Waals surface area contributed by atoms with Gasteiger partial charge in [0, 0.05) is 36.9 Å². The van der Waals surface area contributed by atoms with Crippen molar-refractivity contribution in [2.24, 2.45) is 0 Å². The molecule has 0 spiro atoms. The van der Waals surface area contributed by atoms with Gasteiger partial charge in [-0.1, -0.05) is 11.6 Å². The number of anilines is 2. The van der Waals surface area contributed by atoms with Crippen LogP contribution in [0.2, 0.25) is 5.02 Å². The van der Waals surface area contributed by atoms with E-state index in [1.54, 1.807) is 41.3 Å². The molecule has 0 unspecified atom stereocenters. The van der Waals surface area contributed by atoms with Crippen LogP contribution in [0.5, 0.6) is 0 Å². The van der Waals surface area contributed by atoms with Crippen molar-refractivity contribution in [2.75, 3.05) is 24.3 Å². The minimum atomic E-state index is -0.507. The van der Waals surface area contributed by atoms with E-state index in [1.165, 1.54) is 6.08 Å². The van der Waals surface area contributed by atoms with Crippen molar-refractivity contribution in [1.29, 1.82) is 5.26 Å². The lowest BCUT2D eigenvalue weighted by Gasteiger charge is -2.06. The Balaban J connectivity index is 2.16. The standard InChI is InChI=1S/C16H14ClN3O2/c1-20(2)15-8-7-14(22-15)9-11(10-18)16(21)19-13-5-3-12(17)4-6-13/h3-9H,1-2H3,(H,19,21)/b11-9-. The fourth-order valence-electron chi connectivity index (χ4n) is 1.68. The first-order chi connectivity index (χ1) is 10.5. The summed E-state index contributed by atoms with van der Waals surface area (Å²) in [4.78, 5) is 13.9. The third kappa shape index (κ3) is 3.90. The maximum atomic E-state index is 12.1. The van der Waals surface area contributed by atoms with E-state index in [0.29, 0.717) is 22.4 Å². The number of nitrogens with zero attached hydrogens (tertiary/aromatic N) is 2. The van der Waals surface area contributed by atoms with Gasteiger partial charge in [-0.15, -0.1) is 0 Å². The molecule has 0 atom stereocenters. The Labute approximate surface area is 133 Å². The molecule has 0 saturated heterocycles. The number of hydrogen-bond acceptors (Lipinski definition) is 4. The SMILES string of the molecule is CN(C)c1ccc(/C=C(/C#N)C(=O)Nc2ccc(Cl)cc2)o1. The van der Waals surface area contributed by atoms with Crippen LogP contribution in [0.25, 0.3) is 6.08 Å². The Kier molecular flexibility index (Phi) is 4.87. The Morgan fingerprint density at radius 1 is 1.27 bits per heavy atom. The molecule has 1 aromatic carbocycles. The zero-order valence-corrected chi connectivity index (χ0v) is 12.9. The lowest BCUT2D eigenvalue weighted by atomic mass is 10.2. The lowest BCUT2D eigenvalue weighted by molar-refractivity contribution is -0.112. The van der Waals surface area contributed by atoms with Crippen LogP contribution < -0.4 is 10.2 Å². The number of benzene rings is 1. The average molecular weight is 316 g/mol. The number of amides is 1. The van der Waals surface area contributed by atoms with E-state index in [9.17, 15) is 4.79 Å². The van der Waals surface area contributed by atoms with Gasteiger partial charge in [0.25, 0.3) is 5.91 Å². The molecular weight excluding hydrogens is 302 g/mol. The number of rotatable bonds is 4. The van der Waals surface area contributed by atoms with Gasteiger partial charge in [-0.2, -0.15) is 5.26 Å². The number of furan rings is 1. The molecule has 2 rings (SSSR count). The molecule has 0 bridgehead atoms. The van der Waals surface area contributed by atoms with E-state index in [-0.39, 0.29) is 5.57 Å². The minimum absolute atomic E-state index is 0.0467. The largest absolute Gasteiger partial charge is 0.441 e. The van der Waals surface area contributed by atoms with Crippen LogP contribution in [-0.2, 0) is 4.79 Å². The summed E-state index contributed by atoms with van der Waals surface area (Å²) < 4.78 is 5.49. The Bertz CT molecular complexity index is 739. The number of nitriles is 1. The fourth-order valence-corrected chi connectivity index (χ4v) is 1.81. The molecule has 1 heterocycles. The second kappa shape index (κ2) is 6.83. The topological polar surface area (TPSA) is 69.3 Å². The Morgan fingerprint density at radius 2 is 1.95 bits per heavy atom. The van der Waals surface area contributed by atoms with Crippen molar-refractivity contribution < 1.29 is 9.21 Å². The van der Waals surface area contributed by atoms with Gasteiger partial charge < -0.3 is 14.6 Å². The first kappa shape index (κ1) is 15.7. The maximum absolute atomic E-state index is 12.1. The summed E-state index contributed by atoms with van der Waals surface area (Å²) in [5, 5.41) is 12.3. The van der Waals surface area contributed by atoms with Gasteiger partial charge >= 0.3 is 0 Å². The van der Waals surface area contributed by atoms with Gasteiger partial charge in [0.2, 0.25) is 0 Å². The van der Waals surface area contributed by atoms with Gasteiger partial charge in [-0.3, -0.25) is 4.79 Å². The number of hydrogen-bond donors (Lipinski definition) is 1. The van der Waals surface area contributed by atoms with Crippen LogP contribution in [0.3, 0.4) is 0 Å². The van der Waals surface area contributed by atoms with Crippen LogP contribution in [0.4, 0.5) is 11.6 Å². The van der Waals surface area contributed by atoms with Crippen molar-refractivity contribution >= 4 is 35.2 Å². The van der Waals surface area contributed by atoms with Crippen molar-refractivity contribution in [3.8, 4) is 6.07 Å². The number of carbonyl (C=O) groups excluding carboxylic acids is 1. The highest BCUT2D eigenvalue weighted by atomic mass is 35.5. The normalized spacial score (nSPS) is 10.9. The van der Waals surface area contributed by atoms with E-state index in [4.69, 9.17) is 21.3 Å². The summed E-state index contributed by atoms with van der Waals surface area (Å²) in [5.41, 5.74) is 0.513. The highest BCUT2D eigenvalue weighted by molar-refractivity contribution is 6.30. The molecule has 112 valence electrons. The summed E-state index contributed by atoms with van der Waals surface area (Å²) in [7, 11) is 3.68. The molecule has 1 N–H and O–H groups in total. The third-order valence-electron chi connectivity index (χ3n) is 2.81. The van der Waals surface area contributed by atoms with Crippen LogP contribution in [-0.4, -0.2) is 20.0 Å². The molecule has 1 aromatic heterocycles. The van der Waals surface area contributed by atoms with Crippen molar-refractivity contribution in [2.45, 2.75) is 0 Å². The van der Waals surface area contributed by atoms with E-state index >= 15 is 0 Å². The first-order valence-electron chi connectivity index (χ1n) is 6.45. The van der Waals surface area contributed by atoms with E-state index in [2.05, 4.69) is 5.32 Å². The highest BCUT2D eigenvalue weighted by Gasteiger charge is 2.11. The summed E-state index contributed by atoms with van der Waals surface area (Å²) in [6.07, 6.45) is 1.40. The van der Waals surface area contributed by atoms with Gasteiger partial charge in [-0.25, -0.2) is 0 Å². The molecule has 2 aromatic rings. The third-order valence-corrected chi connectivity index (χ3v) is 3.06. The molecule has 0 saturated carbocycles. The molecule has 0 aliphatic carbocycles. The summed E-state index contributed by atoms with van der Waals surface area (Å²) in [6.45, 7) is 0. The molecule has 0 aliphatic rings. The van der Waals surface area contributed by atoms with E-state index < -0.39 is 5.91 Å². The van der Waals surface area contributed by atoms with Gasteiger partial charge in [-0.05, 0) is 30.3 Å². The Hall–Kier alpha value is -2.71. The predicted molar refractivity (Wildman–Crippen MR) is 86.7 cm³/mol. The quantitative estimate of drug-likeness (QED) is 0.692. The van der Waals surface area contributed by atoms with Crippen molar-refractivity contribution in [3.05, 3.63) is 52.8 Å². The number of carbonyl (C=O) groups is 1. The van der Waals surface area contributed by atoms with Crippen LogP contribution >= 0.6 is 11.6 Å². The van der Waals surface area contributed by atoms with E-state index in [0.717, 1.165) is 0 Å².